The van der Waals surface area contributed by atoms with Gasteiger partial charge in [0.25, 0.3) is 0 Å². The van der Waals surface area contributed by atoms with Gasteiger partial charge in [-0.05, 0) is 12.5 Å². The zero-order chi connectivity index (χ0) is 7.56. The van der Waals surface area contributed by atoms with Crippen LogP contribution in [0.25, 0.3) is 0 Å². The Hall–Kier alpha value is 0.230. The van der Waals surface area contributed by atoms with Crippen molar-refractivity contribution in [3.63, 3.8) is 0 Å². The number of hydrogen-bond acceptors (Lipinski definition) is 2. The van der Waals surface area contributed by atoms with Crippen LogP contribution in [0.2, 0.25) is 0 Å². The molecule has 0 fully saturated rings. The first-order valence-corrected chi connectivity index (χ1v) is 4.73. The molecule has 1 heterocycles. The summed E-state index contributed by atoms with van der Waals surface area (Å²) in [6, 6.07) is 0. The van der Waals surface area contributed by atoms with E-state index in [0.29, 0.717) is 6.61 Å². The second-order valence-corrected chi connectivity index (χ2v) is 3.04. The van der Waals surface area contributed by atoms with Crippen molar-refractivity contribution in [3.05, 3.63) is 11.3 Å². The van der Waals surface area contributed by atoms with E-state index in [1.165, 1.54) is 5.57 Å². The highest BCUT2D eigenvalue weighted by Crippen LogP contribution is 2.22. The average molecular weight is 254 g/mol. The van der Waals surface area contributed by atoms with Crippen LogP contribution in [-0.4, -0.2) is 24.2 Å². The lowest BCUT2D eigenvalue weighted by atomic mass is 10.2. The molecule has 0 N–H and O–H groups in total. The van der Waals surface area contributed by atoms with Gasteiger partial charge in [0.2, 0.25) is 0 Å². The van der Waals surface area contributed by atoms with Crippen LogP contribution in [0.4, 0.5) is 0 Å². The van der Waals surface area contributed by atoms with Crippen LogP contribution in [-0.2, 0) is 9.47 Å². The van der Waals surface area contributed by atoms with Crippen molar-refractivity contribution in [1.29, 1.82) is 0 Å². The fourth-order valence-corrected chi connectivity index (χ4v) is 1.81. The average Bonchev–Trinajstić information content (AvgIpc) is 2.30. The summed E-state index contributed by atoms with van der Waals surface area (Å²) in [5, 5.41) is 0. The lowest BCUT2D eigenvalue weighted by Crippen LogP contribution is -2.11. The highest BCUT2D eigenvalue weighted by Gasteiger charge is 2.22. The predicted molar refractivity (Wildman–Crippen MR) is 48.3 cm³/mol. The van der Waals surface area contributed by atoms with Gasteiger partial charge in [-0.25, -0.2) is 0 Å². The first-order valence-electron chi connectivity index (χ1n) is 3.20. The van der Waals surface area contributed by atoms with E-state index < -0.39 is 0 Å². The van der Waals surface area contributed by atoms with Crippen LogP contribution >= 0.6 is 22.6 Å². The van der Waals surface area contributed by atoms with E-state index in [2.05, 4.69) is 29.5 Å². The maximum atomic E-state index is 5.36. The van der Waals surface area contributed by atoms with Crippen molar-refractivity contribution in [2.24, 2.45) is 0 Å². The molecule has 0 saturated carbocycles. The molecule has 0 aromatic carbocycles. The maximum Gasteiger partial charge on any atom is 0.118 e. The summed E-state index contributed by atoms with van der Waals surface area (Å²) < 4.78 is 11.5. The third-order valence-electron chi connectivity index (χ3n) is 1.74. The zero-order valence-electron chi connectivity index (χ0n) is 6.19. The molecule has 1 aliphatic heterocycles. The van der Waals surface area contributed by atoms with Crippen molar-refractivity contribution < 1.29 is 9.47 Å². The van der Waals surface area contributed by atoms with E-state index in [-0.39, 0.29) is 6.10 Å². The molecule has 0 aliphatic carbocycles. The summed E-state index contributed by atoms with van der Waals surface area (Å²) in [5.74, 6) is 1.09. The van der Waals surface area contributed by atoms with E-state index >= 15 is 0 Å². The van der Waals surface area contributed by atoms with Gasteiger partial charge in [-0.3, -0.25) is 0 Å². The molecule has 0 aromatic heterocycles. The molecule has 3 heteroatoms. The number of rotatable bonds is 2. The summed E-state index contributed by atoms with van der Waals surface area (Å²) >= 11 is 2.29. The van der Waals surface area contributed by atoms with Gasteiger partial charge in [-0.1, -0.05) is 22.6 Å². The van der Waals surface area contributed by atoms with Crippen molar-refractivity contribution in [1.82, 2.24) is 0 Å². The molecular weight excluding hydrogens is 243 g/mol. The molecule has 1 aliphatic rings. The standard InChI is InChI=1S/C7H11IO2/c1-5-6(3-8)10-4-7(5)9-2/h7H,3-4H2,1-2H3. The SMILES string of the molecule is COC1COC(CI)=C1C. The summed E-state index contributed by atoms with van der Waals surface area (Å²) in [4.78, 5) is 0. The molecule has 0 spiro atoms. The van der Waals surface area contributed by atoms with Crippen LogP contribution in [0.1, 0.15) is 6.92 Å². The van der Waals surface area contributed by atoms with Gasteiger partial charge < -0.3 is 9.47 Å². The summed E-state index contributed by atoms with van der Waals surface area (Å²) in [7, 11) is 1.72. The van der Waals surface area contributed by atoms with Crippen LogP contribution in [0.15, 0.2) is 11.3 Å². The number of methoxy groups -OCH3 is 1. The molecule has 0 amide bonds. The van der Waals surface area contributed by atoms with Gasteiger partial charge in [0.1, 0.15) is 18.5 Å². The molecule has 2 nitrogen and oxygen atoms in total. The normalized spacial score (nSPS) is 25.3. The molecule has 0 radical (unpaired) electrons. The van der Waals surface area contributed by atoms with Gasteiger partial charge >= 0.3 is 0 Å². The fourth-order valence-electron chi connectivity index (χ4n) is 0.983. The maximum absolute atomic E-state index is 5.36. The second kappa shape index (κ2) is 3.57. The first kappa shape index (κ1) is 8.33. The minimum Gasteiger partial charge on any atom is -0.494 e. The zero-order valence-corrected chi connectivity index (χ0v) is 8.34. The Balaban J connectivity index is 2.63. The number of alkyl halides is 1. The van der Waals surface area contributed by atoms with Gasteiger partial charge in [0, 0.05) is 7.11 Å². The molecule has 1 rings (SSSR count). The second-order valence-electron chi connectivity index (χ2n) is 2.28. The largest absolute Gasteiger partial charge is 0.494 e. The summed E-state index contributed by atoms with van der Waals surface area (Å²) in [5.41, 5.74) is 1.25. The molecule has 10 heavy (non-hydrogen) atoms. The fraction of sp³-hybridized carbons (Fsp3) is 0.714. The van der Waals surface area contributed by atoms with Crippen LogP contribution < -0.4 is 0 Å². The highest BCUT2D eigenvalue weighted by molar-refractivity contribution is 14.1. The number of ether oxygens (including phenoxy) is 2. The minimum absolute atomic E-state index is 0.199. The Bertz CT molecular complexity index is 154. The lowest BCUT2D eigenvalue weighted by Gasteiger charge is -2.04. The molecule has 0 aromatic rings. The van der Waals surface area contributed by atoms with Gasteiger partial charge in [-0.15, -0.1) is 0 Å². The predicted octanol–water partition coefficient (Wildman–Crippen LogP) is 1.74. The van der Waals surface area contributed by atoms with Crippen molar-refractivity contribution in [2.75, 3.05) is 18.1 Å². The monoisotopic (exact) mass is 254 g/mol. The topological polar surface area (TPSA) is 18.5 Å². The summed E-state index contributed by atoms with van der Waals surface area (Å²) in [6.45, 7) is 2.76. The molecule has 58 valence electrons. The first-order chi connectivity index (χ1) is 4.79. The third-order valence-corrected chi connectivity index (χ3v) is 2.43. The Morgan fingerprint density at radius 3 is 2.80 bits per heavy atom. The van der Waals surface area contributed by atoms with Crippen molar-refractivity contribution in [2.45, 2.75) is 13.0 Å². The van der Waals surface area contributed by atoms with Gasteiger partial charge in [0.15, 0.2) is 0 Å². The molecular formula is C7H11IO2. The van der Waals surface area contributed by atoms with Crippen LogP contribution in [0, 0.1) is 0 Å². The van der Waals surface area contributed by atoms with E-state index in [9.17, 15) is 0 Å². The van der Waals surface area contributed by atoms with E-state index in [1.54, 1.807) is 7.11 Å². The van der Waals surface area contributed by atoms with Crippen LogP contribution in [0.3, 0.4) is 0 Å². The minimum atomic E-state index is 0.199. The number of hydrogen-bond donors (Lipinski definition) is 0. The quantitative estimate of drug-likeness (QED) is 0.552. The van der Waals surface area contributed by atoms with E-state index in [4.69, 9.17) is 9.47 Å². The summed E-state index contributed by atoms with van der Waals surface area (Å²) in [6.07, 6.45) is 0.199. The van der Waals surface area contributed by atoms with Gasteiger partial charge in [-0.2, -0.15) is 0 Å². The number of allylic oxidation sites excluding steroid dienone is 1. The third kappa shape index (κ3) is 1.45. The molecule has 1 unspecified atom stereocenters. The smallest absolute Gasteiger partial charge is 0.118 e. The molecule has 0 bridgehead atoms. The Morgan fingerprint density at radius 2 is 2.50 bits per heavy atom. The molecule has 0 saturated heterocycles. The highest BCUT2D eigenvalue weighted by atomic mass is 127. The Kier molecular flexibility index (Phi) is 2.97. The van der Waals surface area contributed by atoms with E-state index in [1.807, 2.05) is 0 Å². The van der Waals surface area contributed by atoms with Gasteiger partial charge in [0.05, 0.1) is 4.43 Å². The Morgan fingerprint density at radius 1 is 1.80 bits per heavy atom. The van der Waals surface area contributed by atoms with Crippen molar-refractivity contribution >= 4 is 22.6 Å². The molecule has 1 atom stereocenters. The van der Waals surface area contributed by atoms with Crippen molar-refractivity contribution in [3.8, 4) is 0 Å². The Labute approximate surface area is 74.7 Å². The van der Waals surface area contributed by atoms with E-state index in [0.717, 1.165) is 10.2 Å². The van der Waals surface area contributed by atoms with Crippen LogP contribution in [0.5, 0.6) is 0 Å². The number of halogens is 1. The lowest BCUT2D eigenvalue weighted by molar-refractivity contribution is 0.0875.